The molecule has 0 bridgehead atoms. The van der Waals surface area contributed by atoms with Gasteiger partial charge in [0.05, 0.1) is 15.6 Å². The predicted molar refractivity (Wildman–Crippen MR) is 79.8 cm³/mol. The second kappa shape index (κ2) is 6.41. The van der Waals surface area contributed by atoms with Gasteiger partial charge in [-0.2, -0.15) is 0 Å². The molecule has 4 nitrogen and oxygen atoms in total. The van der Waals surface area contributed by atoms with E-state index >= 15 is 0 Å². The Balaban J connectivity index is 3.03. The van der Waals surface area contributed by atoms with Crippen molar-refractivity contribution in [1.29, 1.82) is 0 Å². The summed E-state index contributed by atoms with van der Waals surface area (Å²) in [6.45, 7) is 5.78. The Morgan fingerprint density at radius 1 is 1.47 bits per heavy atom. The third-order valence-electron chi connectivity index (χ3n) is 2.85. The Kier molecular flexibility index (Phi) is 5.40. The number of sulfonamides is 1. The number of benzene rings is 1. The van der Waals surface area contributed by atoms with Gasteiger partial charge < -0.3 is 5.73 Å². The highest BCUT2D eigenvalue weighted by atomic mass is 35.5. The van der Waals surface area contributed by atoms with Gasteiger partial charge in [0.2, 0.25) is 10.0 Å². The molecule has 6 heteroatoms. The molecule has 0 unspecified atom stereocenters. The topological polar surface area (TPSA) is 63.4 Å². The first-order valence-corrected chi connectivity index (χ1v) is 7.75. The average molecular weight is 303 g/mol. The molecule has 0 saturated heterocycles. The molecular formula is C13H19ClN2O2S. The molecule has 0 amide bonds. The summed E-state index contributed by atoms with van der Waals surface area (Å²) in [7, 11) is -1.97. The highest BCUT2D eigenvalue weighted by Gasteiger charge is 2.21. The SMILES string of the molecule is C=CCCCN(C)S(=O)(=O)c1cc(C)c(Cl)c(N)c1. The number of anilines is 1. The van der Waals surface area contributed by atoms with E-state index in [0.29, 0.717) is 17.1 Å². The zero-order valence-electron chi connectivity index (χ0n) is 11.2. The standard InChI is InChI=1S/C13H19ClN2O2S/c1-4-5-6-7-16(3)19(17,18)11-8-10(2)13(14)12(15)9-11/h4,8-9H,1,5-7,15H2,2-3H3. The lowest BCUT2D eigenvalue weighted by molar-refractivity contribution is 0.463. The maximum absolute atomic E-state index is 12.3. The molecule has 106 valence electrons. The Morgan fingerprint density at radius 2 is 2.11 bits per heavy atom. The molecule has 1 rings (SSSR count). The van der Waals surface area contributed by atoms with Crippen molar-refractivity contribution < 1.29 is 8.42 Å². The number of nitrogens with two attached hydrogens (primary N) is 1. The number of allylic oxidation sites excluding steroid dienone is 1. The lowest BCUT2D eigenvalue weighted by atomic mass is 10.2. The van der Waals surface area contributed by atoms with Crippen LogP contribution in [0.15, 0.2) is 29.7 Å². The van der Waals surface area contributed by atoms with Crippen molar-refractivity contribution in [3.63, 3.8) is 0 Å². The number of unbranched alkanes of at least 4 members (excludes halogenated alkanes) is 1. The fourth-order valence-corrected chi connectivity index (χ4v) is 3.11. The summed E-state index contributed by atoms with van der Waals surface area (Å²) >= 11 is 5.94. The second-order valence-corrected chi connectivity index (χ2v) is 6.82. The summed E-state index contributed by atoms with van der Waals surface area (Å²) in [6, 6.07) is 2.94. The lowest BCUT2D eigenvalue weighted by Crippen LogP contribution is -2.28. The van der Waals surface area contributed by atoms with Crippen molar-refractivity contribution >= 4 is 27.3 Å². The van der Waals surface area contributed by atoms with E-state index in [1.807, 2.05) is 0 Å². The molecule has 0 heterocycles. The lowest BCUT2D eigenvalue weighted by Gasteiger charge is -2.18. The monoisotopic (exact) mass is 302 g/mol. The number of nitrogens with zero attached hydrogens (tertiary/aromatic N) is 1. The van der Waals surface area contributed by atoms with Crippen LogP contribution < -0.4 is 5.73 Å². The number of aryl methyl sites for hydroxylation is 1. The van der Waals surface area contributed by atoms with E-state index in [1.165, 1.54) is 16.4 Å². The van der Waals surface area contributed by atoms with Crippen LogP contribution in [0.2, 0.25) is 5.02 Å². The van der Waals surface area contributed by atoms with E-state index in [1.54, 1.807) is 20.0 Å². The summed E-state index contributed by atoms with van der Waals surface area (Å²) in [4.78, 5) is 0.174. The molecule has 19 heavy (non-hydrogen) atoms. The van der Waals surface area contributed by atoms with Crippen LogP contribution in [0.3, 0.4) is 0 Å². The van der Waals surface area contributed by atoms with Crippen LogP contribution in [0.4, 0.5) is 5.69 Å². The third kappa shape index (κ3) is 3.72. The molecule has 0 aliphatic carbocycles. The van der Waals surface area contributed by atoms with Gasteiger partial charge in [-0.05, 0) is 37.5 Å². The van der Waals surface area contributed by atoms with E-state index in [-0.39, 0.29) is 10.6 Å². The van der Waals surface area contributed by atoms with Crippen LogP contribution in [0.1, 0.15) is 18.4 Å². The van der Waals surface area contributed by atoms with Gasteiger partial charge in [0.25, 0.3) is 0 Å². The van der Waals surface area contributed by atoms with Crippen LogP contribution in [0.25, 0.3) is 0 Å². The Bertz CT molecular complexity index is 547. The fourth-order valence-electron chi connectivity index (χ4n) is 1.67. The number of rotatable bonds is 6. The van der Waals surface area contributed by atoms with Gasteiger partial charge in [0.15, 0.2) is 0 Å². The number of halogens is 1. The van der Waals surface area contributed by atoms with Crippen molar-refractivity contribution in [1.82, 2.24) is 4.31 Å². The van der Waals surface area contributed by atoms with Gasteiger partial charge in [0, 0.05) is 13.6 Å². The van der Waals surface area contributed by atoms with Gasteiger partial charge in [-0.3, -0.25) is 0 Å². The zero-order valence-corrected chi connectivity index (χ0v) is 12.8. The first-order chi connectivity index (χ1) is 8.80. The quantitative estimate of drug-likeness (QED) is 0.499. The molecule has 0 spiro atoms. The molecule has 0 saturated carbocycles. The summed E-state index contributed by atoms with van der Waals surface area (Å²) in [5, 5.41) is 0.397. The van der Waals surface area contributed by atoms with E-state index in [4.69, 9.17) is 17.3 Å². The first-order valence-electron chi connectivity index (χ1n) is 5.93. The van der Waals surface area contributed by atoms with E-state index in [2.05, 4.69) is 6.58 Å². The smallest absolute Gasteiger partial charge is 0.242 e. The van der Waals surface area contributed by atoms with Crippen molar-refractivity contribution in [2.75, 3.05) is 19.3 Å². The van der Waals surface area contributed by atoms with Crippen LogP contribution in [-0.4, -0.2) is 26.3 Å². The maximum atomic E-state index is 12.3. The van der Waals surface area contributed by atoms with Gasteiger partial charge >= 0.3 is 0 Å². The van der Waals surface area contributed by atoms with Crippen LogP contribution in [0, 0.1) is 6.92 Å². The van der Waals surface area contributed by atoms with Crippen molar-refractivity contribution in [3.8, 4) is 0 Å². The summed E-state index contributed by atoms with van der Waals surface area (Å²) in [5.74, 6) is 0. The minimum atomic E-state index is -3.52. The van der Waals surface area contributed by atoms with Crippen molar-refractivity contribution in [2.24, 2.45) is 0 Å². The van der Waals surface area contributed by atoms with E-state index in [0.717, 1.165) is 12.8 Å². The average Bonchev–Trinajstić information content (AvgIpc) is 2.35. The Morgan fingerprint density at radius 3 is 2.63 bits per heavy atom. The van der Waals surface area contributed by atoms with Crippen LogP contribution >= 0.6 is 11.6 Å². The number of hydrogen-bond donors (Lipinski definition) is 1. The van der Waals surface area contributed by atoms with Crippen molar-refractivity contribution in [2.45, 2.75) is 24.7 Å². The fraction of sp³-hybridized carbons (Fsp3) is 0.385. The van der Waals surface area contributed by atoms with E-state index in [9.17, 15) is 8.42 Å². The highest BCUT2D eigenvalue weighted by molar-refractivity contribution is 7.89. The number of nitrogen functional groups attached to an aromatic ring is 1. The molecular weight excluding hydrogens is 284 g/mol. The molecule has 1 aromatic carbocycles. The minimum Gasteiger partial charge on any atom is -0.397 e. The molecule has 0 fully saturated rings. The summed E-state index contributed by atoms with van der Waals surface area (Å²) in [6.07, 6.45) is 3.29. The maximum Gasteiger partial charge on any atom is 0.242 e. The van der Waals surface area contributed by atoms with Gasteiger partial charge in [-0.15, -0.1) is 6.58 Å². The largest absolute Gasteiger partial charge is 0.397 e. The molecule has 0 aliphatic heterocycles. The van der Waals surface area contributed by atoms with Gasteiger partial charge in [0.1, 0.15) is 0 Å². The van der Waals surface area contributed by atoms with E-state index < -0.39 is 10.0 Å². The van der Waals surface area contributed by atoms with Gasteiger partial charge in [-0.25, -0.2) is 12.7 Å². The molecule has 2 N–H and O–H groups in total. The van der Waals surface area contributed by atoms with Crippen LogP contribution in [-0.2, 0) is 10.0 Å². The zero-order chi connectivity index (χ0) is 14.6. The Labute approximate surface area is 119 Å². The second-order valence-electron chi connectivity index (χ2n) is 4.40. The van der Waals surface area contributed by atoms with Gasteiger partial charge in [-0.1, -0.05) is 17.7 Å². The predicted octanol–water partition coefficient (Wildman–Crippen LogP) is 2.82. The summed E-state index contributed by atoms with van der Waals surface area (Å²) in [5.41, 5.74) is 6.64. The molecule has 1 aromatic rings. The van der Waals surface area contributed by atoms with Crippen molar-refractivity contribution in [3.05, 3.63) is 35.4 Å². The molecule has 0 atom stereocenters. The first kappa shape index (κ1) is 16.0. The van der Waals surface area contributed by atoms with Crippen LogP contribution in [0.5, 0.6) is 0 Å². The molecule has 0 aliphatic rings. The third-order valence-corrected chi connectivity index (χ3v) is 5.20. The molecule has 0 aromatic heterocycles. The Hall–Kier alpha value is -1.04. The molecule has 0 radical (unpaired) electrons. The normalized spacial score (nSPS) is 11.8. The highest BCUT2D eigenvalue weighted by Crippen LogP contribution is 2.28. The minimum absolute atomic E-state index is 0.174. The number of hydrogen-bond acceptors (Lipinski definition) is 3. The summed E-state index contributed by atoms with van der Waals surface area (Å²) < 4.78 is 26.0.